The summed E-state index contributed by atoms with van der Waals surface area (Å²) in [6.45, 7) is 1.77. The maximum Gasteiger partial charge on any atom is 0.334 e. The minimum absolute atomic E-state index is 0.0209. The minimum atomic E-state index is -1.66. The number of fused-ring (bicyclic) bond motifs is 19. The van der Waals surface area contributed by atoms with E-state index in [0.29, 0.717) is 58.6 Å². The Kier molecular flexibility index (Phi) is 16.9. The zero-order chi connectivity index (χ0) is 59.6. The normalized spacial score (nSPS) is 38.1. The second-order valence-corrected chi connectivity index (χ2v) is 28.1. The molecule has 458 valence electrons. The van der Waals surface area contributed by atoms with E-state index in [1.807, 2.05) is 43.4 Å². The van der Waals surface area contributed by atoms with E-state index in [-0.39, 0.29) is 109 Å². The summed E-state index contributed by atoms with van der Waals surface area (Å²) in [5, 5.41) is 82.8. The van der Waals surface area contributed by atoms with E-state index in [1.165, 1.54) is 0 Å². The second-order valence-electron chi connectivity index (χ2n) is 28.1. The van der Waals surface area contributed by atoms with Crippen LogP contribution in [0.5, 0.6) is 11.5 Å². The Bertz CT molecular complexity index is 3240. The number of hydrogen-bond acceptors (Lipinski definition) is 14. The zero-order valence-corrected chi connectivity index (χ0v) is 50.1. The van der Waals surface area contributed by atoms with Crippen molar-refractivity contribution in [1.82, 2.24) is 5.32 Å². The van der Waals surface area contributed by atoms with Crippen LogP contribution in [0, 0.1) is 76.9 Å². The summed E-state index contributed by atoms with van der Waals surface area (Å²) in [4.78, 5) is 45.1. The molecule has 0 spiro atoms. The third-order valence-corrected chi connectivity index (χ3v) is 22.6. The Labute approximate surface area is 506 Å². The van der Waals surface area contributed by atoms with Gasteiger partial charge in [0.1, 0.15) is 40.7 Å². The highest BCUT2D eigenvalue weighted by Gasteiger charge is 2.69. The molecule has 6 aliphatic carbocycles. The molecular formula is C72H88N2O12. The quantitative estimate of drug-likeness (QED) is 0.0694. The molecular weight excluding hydrogens is 1080 g/mol. The maximum absolute atomic E-state index is 16.2. The number of carbonyl (C=O) groups excluding carboxylic acids is 3. The number of ketones is 1. The van der Waals surface area contributed by atoms with Crippen LogP contribution in [0.15, 0.2) is 60.2 Å². The summed E-state index contributed by atoms with van der Waals surface area (Å²) < 4.78 is 19.7. The number of phenolic OH excluding ortho intramolecular Hbond substituents is 1. The standard InChI is InChI=1S/C72H88N2O12/c1-71(82)39-74-52-30-48(29-49(31-52)67(79)47(37-73-2)18-15-40-16-22-54(23-17-40)84-38-61(71)77)44-19-20-45-36-63(78)86-69-57(45)33-50(68(80)64(69)43-11-4-3-5-12-43)35-62-72(83)59-14-7-6-13-55(59)56-24-21-46-34-60(76)58(65(56)66(46)72)27-42-10-8-9-41(25-42)26-53(75)32-51(28-44)70(81)85-62/h8-10,25,29-33,40,43-47,53-56,58-59,61-62,65-67,73-75,77,79-80,82-83H,3-7,11-14,16-17,21-24,26-28,34-39H2,1-2H3. The Morgan fingerprint density at radius 3 is 2.30 bits per heavy atom. The van der Waals surface area contributed by atoms with E-state index < -0.39 is 71.2 Å². The van der Waals surface area contributed by atoms with Gasteiger partial charge in [0.05, 0.1) is 43.2 Å². The number of aliphatic hydroxyl groups excluding tert-OH is 3. The molecule has 16 unspecified atom stereocenters. The molecule has 5 aliphatic heterocycles. The lowest BCUT2D eigenvalue weighted by atomic mass is 9.40. The van der Waals surface area contributed by atoms with Crippen molar-refractivity contribution in [3.63, 3.8) is 0 Å². The summed E-state index contributed by atoms with van der Waals surface area (Å²) >= 11 is 0. The Morgan fingerprint density at radius 2 is 1.50 bits per heavy atom. The number of aromatic hydroxyl groups is 1. The number of esters is 2. The van der Waals surface area contributed by atoms with E-state index in [4.69, 9.17) is 14.2 Å². The minimum Gasteiger partial charge on any atom is -0.507 e. The predicted molar refractivity (Wildman–Crippen MR) is 324 cm³/mol. The fourth-order valence-electron chi connectivity index (χ4n) is 18.3. The summed E-state index contributed by atoms with van der Waals surface area (Å²) in [5.74, 6) is 10.1. The topological polar surface area (TPSA) is 224 Å². The molecule has 6 saturated carbocycles. The number of benzene rings is 3. The largest absolute Gasteiger partial charge is 0.507 e. The van der Waals surface area contributed by atoms with Gasteiger partial charge in [-0.15, -0.1) is 0 Å². The molecule has 16 atom stereocenters. The van der Waals surface area contributed by atoms with Gasteiger partial charge in [-0.05, 0) is 185 Å². The maximum atomic E-state index is 16.2. The summed E-state index contributed by atoms with van der Waals surface area (Å²) in [6.07, 6.45) is 10.3. The van der Waals surface area contributed by atoms with E-state index in [2.05, 4.69) is 46.4 Å². The number of aliphatic hydroxyl groups is 5. The first-order valence-electron chi connectivity index (χ1n) is 32.8. The SMILES string of the molecule is CNCC1C#CC2CCC(CC2)OCC(O)C(C)(O)CNc2cc(C3C#CC4CC(=O)Oc5c4cc(c(O)c5C4CCCCC4)CC4OC(=O)C(=CC(O)Cc5cccc(c5)CC5C(=O)CC6CCC7C8CCCCC8C4(O)C6C57)C3)cc(c2)C1O. The fourth-order valence-corrected chi connectivity index (χ4v) is 18.3. The Hall–Kier alpha value is -5.55. The first-order valence-corrected chi connectivity index (χ1v) is 32.8. The van der Waals surface area contributed by atoms with E-state index in [0.717, 1.165) is 107 Å². The van der Waals surface area contributed by atoms with Crippen molar-refractivity contribution in [3.05, 3.63) is 99.1 Å². The molecule has 0 aromatic heterocycles. The van der Waals surface area contributed by atoms with Gasteiger partial charge in [-0.3, -0.25) is 9.59 Å². The van der Waals surface area contributed by atoms with Gasteiger partial charge < -0.3 is 55.5 Å². The molecule has 3 aromatic carbocycles. The molecule has 6 fully saturated rings. The van der Waals surface area contributed by atoms with Gasteiger partial charge in [-0.1, -0.05) is 86.1 Å². The van der Waals surface area contributed by atoms with Gasteiger partial charge in [0.2, 0.25) is 0 Å². The van der Waals surface area contributed by atoms with Crippen molar-refractivity contribution in [2.45, 2.75) is 201 Å². The molecule has 0 saturated heterocycles. The number of phenols is 1. The average molecular weight is 1170 g/mol. The molecule has 0 radical (unpaired) electrons. The highest BCUT2D eigenvalue weighted by Crippen LogP contribution is 2.66. The van der Waals surface area contributed by atoms with Crippen LogP contribution in [-0.4, -0.2) is 111 Å². The number of carbonyl (C=O) groups is 3. The van der Waals surface area contributed by atoms with E-state index in [1.54, 1.807) is 13.0 Å². The van der Waals surface area contributed by atoms with Crippen molar-refractivity contribution >= 4 is 23.4 Å². The van der Waals surface area contributed by atoms with Crippen LogP contribution in [0.3, 0.4) is 0 Å². The fraction of sp³-hybridized carbons (Fsp3) is 0.625. The van der Waals surface area contributed by atoms with Crippen LogP contribution in [0.4, 0.5) is 5.69 Å². The molecule has 3 aromatic rings. The van der Waals surface area contributed by atoms with Gasteiger partial charge in [0, 0.05) is 72.5 Å². The number of Topliss-reactive ketones (excluding diaryl/α,β-unsaturated/α-hetero) is 1. The molecule has 14 heteroatoms. The van der Waals surface area contributed by atoms with Crippen molar-refractivity contribution in [1.29, 1.82) is 0 Å². The van der Waals surface area contributed by atoms with Gasteiger partial charge in [-0.25, -0.2) is 4.79 Å². The van der Waals surface area contributed by atoms with Crippen molar-refractivity contribution in [3.8, 4) is 35.2 Å². The first-order chi connectivity index (χ1) is 41.5. The molecule has 16 bridgehead atoms. The summed E-state index contributed by atoms with van der Waals surface area (Å²) in [5.41, 5.74) is 1.92. The Morgan fingerprint density at radius 1 is 0.744 bits per heavy atom. The second kappa shape index (κ2) is 24.4. The lowest BCUT2D eigenvalue weighted by Gasteiger charge is -2.66. The Balaban J connectivity index is 1.02. The molecule has 8 N–H and O–H groups in total. The summed E-state index contributed by atoms with van der Waals surface area (Å²) in [7, 11) is 1.83. The molecule has 11 aliphatic rings. The van der Waals surface area contributed by atoms with Crippen molar-refractivity contribution < 1.29 is 59.2 Å². The molecule has 14 rings (SSSR count). The van der Waals surface area contributed by atoms with Crippen LogP contribution >= 0.6 is 0 Å². The summed E-state index contributed by atoms with van der Waals surface area (Å²) in [6, 6.07) is 15.5. The lowest BCUT2D eigenvalue weighted by Crippen LogP contribution is -2.71. The van der Waals surface area contributed by atoms with Gasteiger partial charge in [0.15, 0.2) is 0 Å². The molecule has 0 amide bonds. The monoisotopic (exact) mass is 1170 g/mol. The number of ether oxygens (including phenoxy) is 3. The molecule has 86 heavy (non-hydrogen) atoms. The number of rotatable bonds is 4. The highest BCUT2D eigenvalue weighted by atomic mass is 16.6. The van der Waals surface area contributed by atoms with Gasteiger partial charge >= 0.3 is 11.9 Å². The molecule has 5 heterocycles. The van der Waals surface area contributed by atoms with Gasteiger partial charge in [0.25, 0.3) is 0 Å². The number of anilines is 1. The highest BCUT2D eigenvalue weighted by molar-refractivity contribution is 5.89. The van der Waals surface area contributed by atoms with Crippen LogP contribution in [0.1, 0.15) is 185 Å². The van der Waals surface area contributed by atoms with Crippen LogP contribution in [-0.2, 0) is 43.1 Å². The number of nitrogens with one attached hydrogen (secondary N) is 2. The lowest BCUT2D eigenvalue weighted by molar-refractivity contribution is -0.265. The zero-order valence-electron chi connectivity index (χ0n) is 50.1. The smallest absolute Gasteiger partial charge is 0.334 e. The van der Waals surface area contributed by atoms with E-state index >= 15 is 4.79 Å². The van der Waals surface area contributed by atoms with Gasteiger partial charge in [-0.2, -0.15) is 0 Å². The van der Waals surface area contributed by atoms with Crippen LogP contribution in [0.25, 0.3) is 0 Å². The number of hydrogen-bond donors (Lipinski definition) is 8. The predicted octanol–water partition coefficient (Wildman–Crippen LogP) is 8.95. The van der Waals surface area contributed by atoms with Crippen molar-refractivity contribution in [2.24, 2.45) is 53.3 Å². The van der Waals surface area contributed by atoms with E-state index in [9.17, 15) is 40.2 Å². The third-order valence-electron chi connectivity index (χ3n) is 22.6. The average Bonchev–Trinajstić information content (AvgIpc) is 0.728. The first kappa shape index (κ1) is 59.4. The van der Waals surface area contributed by atoms with Crippen LogP contribution in [0.2, 0.25) is 0 Å². The van der Waals surface area contributed by atoms with Crippen molar-refractivity contribution in [2.75, 3.05) is 32.1 Å². The van der Waals surface area contributed by atoms with Crippen LogP contribution < -0.4 is 15.4 Å². The third kappa shape index (κ3) is 11.5. The molecule has 14 nitrogen and oxygen atoms in total.